The molecule has 1 rings (SSSR count). The van der Waals surface area contributed by atoms with Crippen LogP contribution >= 0.6 is 43.5 Å². The molecule has 0 saturated heterocycles. The van der Waals surface area contributed by atoms with Gasteiger partial charge < -0.3 is 4.74 Å². The van der Waals surface area contributed by atoms with Gasteiger partial charge in [0.05, 0.1) is 22.2 Å². The second kappa shape index (κ2) is 4.44. The van der Waals surface area contributed by atoms with Gasteiger partial charge in [-0.3, -0.25) is 0 Å². The van der Waals surface area contributed by atoms with Gasteiger partial charge in [-0.1, -0.05) is 27.5 Å². The summed E-state index contributed by atoms with van der Waals surface area (Å²) in [5.74, 6) is -0.421. The van der Waals surface area contributed by atoms with E-state index in [1.165, 1.54) is 7.11 Å². The minimum atomic E-state index is -0.421. The first-order valence-electron chi connectivity index (χ1n) is 3.29. The molecule has 2 nitrogen and oxygen atoms in total. The Hall–Kier alpha value is -0.0600. The first-order chi connectivity index (χ1) is 6.06. The highest BCUT2D eigenvalue weighted by Gasteiger charge is 2.13. The van der Waals surface area contributed by atoms with Gasteiger partial charge in [-0.15, -0.1) is 0 Å². The summed E-state index contributed by atoms with van der Waals surface area (Å²) in [5, 5.41) is 0.467. The molecule has 13 heavy (non-hydrogen) atoms. The predicted octanol–water partition coefficient (Wildman–Crippen LogP) is 3.65. The van der Waals surface area contributed by atoms with E-state index >= 15 is 0 Å². The van der Waals surface area contributed by atoms with Crippen molar-refractivity contribution in [1.29, 1.82) is 0 Å². The van der Waals surface area contributed by atoms with E-state index < -0.39 is 5.97 Å². The summed E-state index contributed by atoms with van der Waals surface area (Å²) in [6.07, 6.45) is 0. The van der Waals surface area contributed by atoms with Crippen LogP contribution in [0, 0.1) is 0 Å². The average Bonchev–Trinajstić information content (AvgIpc) is 2.10. The molecular weight excluding hydrogens is 323 g/mol. The Morgan fingerprint density at radius 2 is 2.08 bits per heavy atom. The topological polar surface area (TPSA) is 26.3 Å². The molecule has 0 aromatic heterocycles. The Morgan fingerprint density at radius 3 is 2.62 bits per heavy atom. The Morgan fingerprint density at radius 1 is 1.46 bits per heavy atom. The highest BCUT2D eigenvalue weighted by atomic mass is 79.9. The summed E-state index contributed by atoms with van der Waals surface area (Å²) in [6, 6.07) is 3.33. The standard InChI is InChI=1S/C8H5Br2ClO2/c1-13-8(12)5-2-4(9)3-6(11)7(5)10/h2-3H,1H3. The summed E-state index contributed by atoms with van der Waals surface area (Å²) < 4.78 is 5.86. The van der Waals surface area contributed by atoms with Gasteiger partial charge in [-0.25, -0.2) is 4.79 Å². The lowest BCUT2D eigenvalue weighted by Crippen LogP contribution is -2.02. The molecule has 0 amide bonds. The minimum absolute atomic E-state index is 0.405. The van der Waals surface area contributed by atoms with Crippen molar-refractivity contribution >= 4 is 49.4 Å². The van der Waals surface area contributed by atoms with Gasteiger partial charge in [0.15, 0.2) is 0 Å². The van der Waals surface area contributed by atoms with Crippen molar-refractivity contribution in [3.8, 4) is 0 Å². The van der Waals surface area contributed by atoms with Crippen LogP contribution in [-0.4, -0.2) is 13.1 Å². The third kappa shape index (κ3) is 2.45. The normalized spacial score (nSPS) is 9.85. The number of carbonyl (C=O) groups is 1. The molecule has 5 heteroatoms. The molecule has 0 saturated carbocycles. The fraction of sp³-hybridized carbons (Fsp3) is 0.125. The smallest absolute Gasteiger partial charge is 0.339 e. The number of rotatable bonds is 1. The third-order valence-electron chi connectivity index (χ3n) is 1.40. The maximum absolute atomic E-state index is 11.2. The fourth-order valence-electron chi connectivity index (χ4n) is 0.814. The predicted molar refractivity (Wildman–Crippen MR) is 58.2 cm³/mol. The van der Waals surface area contributed by atoms with Crippen LogP contribution in [-0.2, 0) is 4.74 Å². The molecule has 0 N–H and O–H groups in total. The summed E-state index contributed by atoms with van der Waals surface area (Å²) in [6.45, 7) is 0. The van der Waals surface area contributed by atoms with Crippen molar-refractivity contribution in [1.82, 2.24) is 0 Å². The van der Waals surface area contributed by atoms with Crippen molar-refractivity contribution < 1.29 is 9.53 Å². The molecule has 0 atom stereocenters. The lowest BCUT2D eigenvalue weighted by molar-refractivity contribution is 0.0599. The Kier molecular flexibility index (Phi) is 3.76. The van der Waals surface area contributed by atoms with Crippen LogP contribution in [0.1, 0.15) is 10.4 Å². The van der Waals surface area contributed by atoms with Gasteiger partial charge >= 0.3 is 5.97 Å². The highest BCUT2D eigenvalue weighted by Crippen LogP contribution is 2.30. The van der Waals surface area contributed by atoms with Crippen LogP contribution in [0.5, 0.6) is 0 Å². The van der Waals surface area contributed by atoms with E-state index in [0.717, 1.165) is 4.47 Å². The summed E-state index contributed by atoms with van der Waals surface area (Å²) in [4.78, 5) is 11.2. The largest absolute Gasteiger partial charge is 0.465 e. The van der Waals surface area contributed by atoms with E-state index in [2.05, 4.69) is 36.6 Å². The van der Waals surface area contributed by atoms with E-state index in [9.17, 15) is 4.79 Å². The highest BCUT2D eigenvalue weighted by molar-refractivity contribution is 9.11. The Balaban J connectivity index is 3.28. The molecule has 0 radical (unpaired) electrons. The molecule has 0 bridgehead atoms. The SMILES string of the molecule is COC(=O)c1cc(Br)cc(Cl)c1Br. The van der Waals surface area contributed by atoms with Gasteiger partial charge in [-0.2, -0.15) is 0 Å². The van der Waals surface area contributed by atoms with Crippen LogP contribution in [0.2, 0.25) is 5.02 Å². The first-order valence-corrected chi connectivity index (χ1v) is 5.25. The van der Waals surface area contributed by atoms with E-state index in [4.69, 9.17) is 11.6 Å². The molecule has 0 unspecified atom stereocenters. The molecular formula is C8H5Br2ClO2. The number of hydrogen-bond donors (Lipinski definition) is 0. The van der Waals surface area contributed by atoms with Crippen molar-refractivity contribution in [3.05, 3.63) is 31.7 Å². The summed E-state index contributed by atoms with van der Waals surface area (Å²) in [5.41, 5.74) is 0.405. The van der Waals surface area contributed by atoms with Gasteiger partial charge in [0, 0.05) is 4.47 Å². The second-order valence-electron chi connectivity index (χ2n) is 2.24. The molecule has 1 aromatic rings. The van der Waals surface area contributed by atoms with E-state index in [1.807, 2.05) is 0 Å². The summed E-state index contributed by atoms with van der Waals surface area (Å²) >= 11 is 12.3. The number of carbonyl (C=O) groups excluding carboxylic acids is 1. The lowest BCUT2D eigenvalue weighted by atomic mass is 10.2. The number of methoxy groups -OCH3 is 1. The summed E-state index contributed by atoms with van der Waals surface area (Å²) in [7, 11) is 1.32. The molecule has 70 valence electrons. The van der Waals surface area contributed by atoms with Crippen LogP contribution < -0.4 is 0 Å². The van der Waals surface area contributed by atoms with Gasteiger partial charge in [0.1, 0.15) is 0 Å². The molecule has 0 aliphatic rings. The quantitative estimate of drug-likeness (QED) is 0.581. The lowest BCUT2D eigenvalue weighted by Gasteiger charge is -2.04. The van der Waals surface area contributed by atoms with Crippen molar-refractivity contribution in [2.45, 2.75) is 0 Å². The minimum Gasteiger partial charge on any atom is -0.465 e. The molecule has 0 aliphatic carbocycles. The number of benzene rings is 1. The van der Waals surface area contributed by atoms with Gasteiger partial charge in [-0.05, 0) is 28.1 Å². The Labute approximate surface area is 97.5 Å². The maximum atomic E-state index is 11.2. The number of hydrogen-bond acceptors (Lipinski definition) is 2. The average molecular weight is 328 g/mol. The van der Waals surface area contributed by atoms with Crippen LogP contribution in [0.15, 0.2) is 21.1 Å². The molecule has 0 heterocycles. The second-order valence-corrected chi connectivity index (χ2v) is 4.36. The maximum Gasteiger partial charge on any atom is 0.339 e. The molecule has 0 spiro atoms. The van der Waals surface area contributed by atoms with Crippen molar-refractivity contribution in [2.24, 2.45) is 0 Å². The van der Waals surface area contributed by atoms with Crippen molar-refractivity contribution in [2.75, 3.05) is 7.11 Å². The monoisotopic (exact) mass is 326 g/mol. The zero-order valence-electron chi connectivity index (χ0n) is 6.61. The fourth-order valence-corrected chi connectivity index (χ4v) is 2.01. The van der Waals surface area contributed by atoms with Gasteiger partial charge in [0.25, 0.3) is 0 Å². The zero-order chi connectivity index (χ0) is 10.0. The number of halogens is 3. The van der Waals surface area contributed by atoms with Crippen LogP contribution in [0.25, 0.3) is 0 Å². The zero-order valence-corrected chi connectivity index (χ0v) is 10.5. The first kappa shape index (κ1) is 11.0. The molecule has 0 fully saturated rings. The number of ether oxygens (including phenoxy) is 1. The molecule has 0 aliphatic heterocycles. The van der Waals surface area contributed by atoms with Crippen molar-refractivity contribution in [3.63, 3.8) is 0 Å². The Bertz CT molecular complexity index is 352. The van der Waals surface area contributed by atoms with Crippen LogP contribution in [0.3, 0.4) is 0 Å². The van der Waals surface area contributed by atoms with E-state index in [0.29, 0.717) is 15.1 Å². The van der Waals surface area contributed by atoms with E-state index in [-0.39, 0.29) is 0 Å². The third-order valence-corrected chi connectivity index (χ3v) is 3.24. The van der Waals surface area contributed by atoms with Crippen LogP contribution in [0.4, 0.5) is 0 Å². The molecule has 1 aromatic carbocycles. The van der Waals surface area contributed by atoms with E-state index in [1.54, 1.807) is 12.1 Å². The number of esters is 1. The van der Waals surface area contributed by atoms with Gasteiger partial charge in [0.2, 0.25) is 0 Å².